The van der Waals surface area contributed by atoms with E-state index in [0.29, 0.717) is 17.5 Å². The topological polar surface area (TPSA) is 75.3 Å². The van der Waals surface area contributed by atoms with Crippen molar-refractivity contribution in [3.05, 3.63) is 64.7 Å². The zero-order valence-corrected chi connectivity index (χ0v) is 16.1. The highest BCUT2D eigenvalue weighted by molar-refractivity contribution is 7.89. The summed E-state index contributed by atoms with van der Waals surface area (Å²) in [7, 11) is -4.04. The summed E-state index contributed by atoms with van der Waals surface area (Å²) in [5.74, 6) is -2.74. The molecular formula is C18H19ClF2N2O3S. The minimum atomic E-state index is -4.04. The molecule has 0 aliphatic rings. The third kappa shape index (κ3) is 5.98. The van der Waals surface area contributed by atoms with E-state index >= 15 is 0 Å². The summed E-state index contributed by atoms with van der Waals surface area (Å²) in [4.78, 5) is 11.7. The van der Waals surface area contributed by atoms with Crippen LogP contribution in [0, 0.1) is 11.6 Å². The van der Waals surface area contributed by atoms with Crippen LogP contribution in [0.4, 0.5) is 8.78 Å². The first-order chi connectivity index (χ1) is 12.7. The van der Waals surface area contributed by atoms with Crippen LogP contribution in [0.1, 0.15) is 31.4 Å². The van der Waals surface area contributed by atoms with Gasteiger partial charge in [0.2, 0.25) is 15.9 Å². The van der Waals surface area contributed by atoms with Gasteiger partial charge >= 0.3 is 0 Å². The monoisotopic (exact) mass is 416 g/mol. The molecule has 0 aliphatic heterocycles. The number of hydrogen-bond donors (Lipinski definition) is 2. The second-order valence-corrected chi connectivity index (χ2v) is 8.01. The van der Waals surface area contributed by atoms with Crippen molar-refractivity contribution in [2.24, 2.45) is 0 Å². The molecule has 0 heterocycles. The Morgan fingerprint density at radius 2 is 1.78 bits per heavy atom. The van der Waals surface area contributed by atoms with Crippen LogP contribution in [0.3, 0.4) is 0 Å². The molecule has 0 radical (unpaired) electrons. The predicted molar refractivity (Wildman–Crippen MR) is 98.8 cm³/mol. The average molecular weight is 417 g/mol. The lowest BCUT2D eigenvalue weighted by Gasteiger charge is -2.17. The molecule has 1 amide bonds. The Kier molecular flexibility index (Phi) is 7.29. The van der Waals surface area contributed by atoms with Gasteiger partial charge in [0.25, 0.3) is 0 Å². The van der Waals surface area contributed by atoms with Crippen LogP contribution < -0.4 is 10.0 Å². The third-order valence-corrected chi connectivity index (χ3v) is 5.57. The van der Waals surface area contributed by atoms with Gasteiger partial charge in [0.15, 0.2) is 11.6 Å². The Bertz CT molecular complexity index is 905. The quantitative estimate of drug-likeness (QED) is 0.691. The summed E-state index contributed by atoms with van der Waals surface area (Å²) in [6, 6.07) is 9.11. The van der Waals surface area contributed by atoms with Gasteiger partial charge in [-0.05, 0) is 42.3 Å². The fourth-order valence-electron chi connectivity index (χ4n) is 2.41. The highest BCUT2D eigenvalue weighted by Gasteiger charge is 2.17. The third-order valence-electron chi connectivity index (χ3n) is 3.86. The van der Waals surface area contributed by atoms with E-state index in [1.54, 1.807) is 12.1 Å². The van der Waals surface area contributed by atoms with Gasteiger partial charge in [-0.1, -0.05) is 30.7 Å². The Morgan fingerprint density at radius 3 is 2.37 bits per heavy atom. The molecule has 1 atom stereocenters. The van der Waals surface area contributed by atoms with Crippen molar-refractivity contribution >= 4 is 27.5 Å². The molecular weight excluding hydrogens is 398 g/mol. The molecule has 2 aromatic rings. The zero-order chi connectivity index (χ0) is 20.0. The first kappa shape index (κ1) is 21.3. The second kappa shape index (κ2) is 9.25. The fourth-order valence-corrected chi connectivity index (χ4v) is 3.58. The van der Waals surface area contributed by atoms with Gasteiger partial charge in [0.1, 0.15) is 0 Å². The summed E-state index contributed by atoms with van der Waals surface area (Å²) in [6.07, 6.45) is 0.543. The van der Waals surface area contributed by atoms with Gasteiger partial charge in [-0.15, -0.1) is 0 Å². The molecule has 0 aromatic heterocycles. The van der Waals surface area contributed by atoms with Crippen LogP contribution in [-0.4, -0.2) is 20.9 Å². The lowest BCUT2D eigenvalue weighted by Crippen LogP contribution is -2.32. The standard InChI is InChI=1S/C18H19ClF2N2O3S/c1-2-17(12-3-5-13(19)6-4-12)23-18(24)9-10-22-27(25,26)14-7-8-15(20)16(21)11-14/h3-8,11,17,22H,2,9-10H2,1H3,(H,23,24). The lowest BCUT2D eigenvalue weighted by molar-refractivity contribution is -0.121. The maximum atomic E-state index is 13.2. The van der Waals surface area contributed by atoms with Crippen molar-refractivity contribution < 1.29 is 22.0 Å². The predicted octanol–water partition coefficient (Wildman–Crippen LogP) is 3.55. The molecule has 27 heavy (non-hydrogen) atoms. The first-order valence-corrected chi connectivity index (χ1v) is 10.1. The number of rotatable bonds is 8. The molecule has 2 aromatic carbocycles. The summed E-state index contributed by atoms with van der Waals surface area (Å²) >= 11 is 5.85. The Morgan fingerprint density at radius 1 is 1.11 bits per heavy atom. The van der Waals surface area contributed by atoms with Crippen molar-refractivity contribution in [3.8, 4) is 0 Å². The fraction of sp³-hybridized carbons (Fsp3) is 0.278. The van der Waals surface area contributed by atoms with Gasteiger partial charge in [-0.2, -0.15) is 0 Å². The van der Waals surface area contributed by atoms with Gasteiger partial charge in [-0.3, -0.25) is 4.79 Å². The van der Waals surface area contributed by atoms with Gasteiger partial charge in [0.05, 0.1) is 10.9 Å². The normalized spacial score (nSPS) is 12.6. The molecule has 0 spiro atoms. The minimum Gasteiger partial charge on any atom is -0.349 e. The Hall–Kier alpha value is -2.03. The largest absolute Gasteiger partial charge is 0.349 e. The summed E-state index contributed by atoms with van der Waals surface area (Å²) in [5, 5.41) is 3.41. The molecule has 0 saturated heterocycles. The van der Waals surface area contributed by atoms with E-state index in [-0.39, 0.29) is 24.9 Å². The number of amides is 1. The molecule has 2 N–H and O–H groups in total. The molecule has 0 aliphatic carbocycles. The van der Waals surface area contributed by atoms with Crippen LogP contribution in [0.5, 0.6) is 0 Å². The van der Waals surface area contributed by atoms with E-state index in [9.17, 15) is 22.0 Å². The Balaban J connectivity index is 1.90. The van der Waals surface area contributed by atoms with Gasteiger partial charge in [0, 0.05) is 18.0 Å². The molecule has 0 saturated carbocycles. The van der Waals surface area contributed by atoms with Crippen LogP contribution in [0.25, 0.3) is 0 Å². The molecule has 1 unspecified atom stereocenters. The highest BCUT2D eigenvalue weighted by Crippen LogP contribution is 2.19. The number of carbonyl (C=O) groups is 1. The molecule has 2 rings (SSSR count). The molecule has 0 bridgehead atoms. The smallest absolute Gasteiger partial charge is 0.240 e. The summed E-state index contributed by atoms with van der Waals surface area (Å²) in [5.41, 5.74) is 0.887. The number of sulfonamides is 1. The second-order valence-electron chi connectivity index (χ2n) is 5.80. The summed E-state index contributed by atoms with van der Waals surface area (Å²) < 4.78 is 52.4. The van der Waals surface area contributed by atoms with Crippen molar-refractivity contribution in [1.29, 1.82) is 0 Å². The number of hydrogen-bond acceptors (Lipinski definition) is 3. The minimum absolute atomic E-state index is 0.104. The van der Waals surface area contributed by atoms with Crippen LogP contribution in [0.2, 0.25) is 5.02 Å². The van der Waals surface area contributed by atoms with Crippen LogP contribution in [-0.2, 0) is 14.8 Å². The van der Waals surface area contributed by atoms with E-state index in [4.69, 9.17) is 11.6 Å². The molecule has 9 heteroatoms. The lowest BCUT2D eigenvalue weighted by atomic mass is 10.0. The number of carbonyl (C=O) groups excluding carboxylic acids is 1. The van der Waals surface area contributed by atoms with Crippen LogP contribution in [0.15, 0.2) is 47.4 Å². The van der Waals surface area contributed by atoms with Crippen LogP contribution >= 0.6 is 11.6 Å². The first-order valence-electron chi connectivity index (χ1n) is 8.22. The van der Waals surface area contributed by atoms with Crippen molar-refractivity contribution in [2.45, 2.75) is 30.7 Å². The van der Waals surface area contributed by atoms with Crippen molar-refractivity contribution in [1.82, 2.24) is 10.0 Å². The van der Waals surface area contributed by atoms with Crippen molar-refractivity contribution in [2.75, 3.05) is 6.54 Å². The Labute approximate surface area is 161 Å². The van der Waals surface area contributed by atoms with Crippen molar-refractivity contribution in [3.63, 3.8) is 0 Å². The summed E-state index contributed by atoms with van der Waals surface area (Å²) in [6.45, 7) is 1.73. The SMILES string of the molecule is CCC(NC(=O)CCNS(=O)(=O)c1ccc(F)c(F)c1)c1ccc(Cl)cc1. The van der Waals surface area contributed by atoms with E-state index in [0.717, 1.165) is 17.7 Å². The maximum Gasteiger partial charge on any atom is 0.240 e. The maximum absolute atomic E-state index is 13.2. The molecule has 5 nitrogen and oxygen atoms in total. The van der Waals surface area contributed by atoms with E-state index in [1.165, 1.54) is 0 Å². The average Bonchev–Trinajstić information content (AvgIpc) is 2.62. The number of halogens is 3. The number of benzene rings is 2. The number of nitrogens with one attached hydrogen (secondary N) is 2. The highest BCUT2D eigenvalue weighted by atomic mass is 35.5. The van der Waals surface area contributed by atoms with Gasteiger partial charge in [-0.25, -0.2) is 21.9 Å². The molecule has 0 fully saturated rings. The van der Waals surface area contributed by atoms with E-state index < -0.39 is 26.6 Å². The zero-order valence-electron chi connectivity index (χ0n) is 14.5. The molecule has 146 valence electrons. The van der Waals surface area contributed by atoms with Gasteiger partial charge < -0.3 is 5.32 Å². The van der Waals surface area contributed by atoms with E-state index in [2.05, 4.69) is 10.0 Å². The van der Waals surface area contributed by atoms with E-state index in [1.807, 2.05) is 19.1 Å².